The minimum atomic E-state index is 0.222. The lowest BCUT2D eigenvalue weighted by molar-refractivity contribution is 0.0409. The van der Waals surface area contributed by atoms with Gasteiger partial charge in [0.15, 0.2) is 0 Å². The van der Waals surface area contributed by atoms with Gasteiger partial charge in [-0.05, 0) is 36.8 Å². The first-order valence-electron chi connectivity index (χ1n) is 9.06. The van der Waals surface area contributed by atoms with Gasteiger partial charge in [-0.1, -0.05) is 6.07 Å². The molecule has 0 radical (unpaired) electrons. The Morgan fingerprint density at radius 3 is 2.96 bits per heavy atom. The molecule has 134 valence electrons. The highest BCUT2D eigenvalue weighted by Gasteiger charge is 2.32. The maximum atomic E-state index is 6.07. The van der Waals surface area contributed by atoms with Gasteiger partial charge in [-0.2, -0.15) is 5.10 Å². The Hall–Kier alpha value is -1.92. The monoisotopic (exact) mass is 342 g/mol. The molecule has 0 bridgehead atoms. The van der Waals surface area contributed by atoms with Crippen LogP contribution in [0.5, 0.6) is 5.88 Å². The Labute approximate surface area is 148 Å². The van der Waals surface area contributed by atoms with E-state index < -0.39 is 0 Å². The van der Waals surface area contributed by atoms with Crippen LogP contribution in [0.25, 0.3) is 0 Å². The summed E-state index contributed by atoms with van der Waals surface area (Å²) in [6.45, 7) is 3.40. The molecular formula is C19H26N4O2. The van der Waals surface area contributed by atoms with Crippen molar-refractivity contribution in [3.63, 3.8) is 0 Å². The number of hydrogen-bond donors (Lipinski definition) is 0. The number of methoxy groups -OCH3 is 1. The van der Waals surface area contributed by atoms with E-state index in [9.17, 15) is 0 Å². The molecule has 0 spiro atoms. The molecule has 0 aromatic carbocycles. The first kappa shape index (κ1) is 16.5. The SMILES string of the molecule is COc1ncccc1CN1CCc2cnn(C)c2C1COCC1CC1. The van der Waals surface area contributed by atoms with Crippen molar-refractivity contribution in [2.75, 3.05) is 26.9 Å². The van der Waals surface area contributed by atoms with Gasteiger partial charge >= 0.3 is 0 Å². The van der Waals surface area contributed by atoms with E-state index in [2.05, 4.69) is 21.0 Å². The van der Waals surface area contributed by atoms with E-state index in [1.807, 2.05) is 24.0 Å². The number of fused-ring (bicyclic) bond motifs is 1. The summed E-state index contributed by atoms with van der Waals surface area (Å²) in [5.41, 5.74) is 3.74. The Bertz CT molecular complexity index is 726. The summed E-state index contributed by atoms with van der Waals surface area (Å²) in [4.78, 5) is 6.80. The van der Waals surface area contributed by atoms with Crippen LogP contribution in [0.4, 0.5) is 0 Å². The highest BCUT2D eigenvalue weighted by Crippen LogP contribution is 2.33. The molecule has 2 aromatic heterocycles. The second-order valence-corrected chi connectivity index (χ2v) is 7.07. The quantitative estimate of drug-likeness (QED) is 0.773. The smallest absolute Gasteiger partial charge is 0.217 e. The fraction of sp³-hybridized carbons (Fsp3) is 0.579. The summed E-state index contributed by atoms with van der Waals surface area (Å²) in [6.07, 6.45) is 7.43. The van der Waals surface area contributed by atoms with Crippen molar-refractivity contribution < 1.29 is 9.47 Å². The highest BCUT2D eigenvalue weighted by atomic mass is 16.5. The lowest BCUT2D eigenvalue weighted by Crippen LogP contribution is -2.38. The van der Waals surface area contributed by atoms with Gasteiger partial charge in [0, 0.05) is 38.5 Å². The number of rotatable bonds is 7. The molecule has 25 heavy (non-hydrogen) atoms. The van der Waals surface area contributed by atoms with Crippen molar-refractivity contribution >= 4 is 0 Å². The lowest BCUT2D eigenvalue weighted by Gasteiger charge is -2.36. The van der Waals surface area contributed by atoms with Gasteiger partial charge in [0.25, 0.3) is 0 Å². The minimum Gasteiger partial charge on any atom is -0.481 e. The first-order chi connectivity index (χ1) is 12.3. The second-order valence-electron chi connectivity index (χ2n) is 7.07. The Balaban J connectivity index is 1.55. The summed E-state index contributed by atoms with van der Waals surface area (Å²) in [5, 5.41) is 4.48. The van der Waals surface area contributed by atoms with Crippen molar-refractivity contribution in [2.45, 2.75) is 31.8 Å². The average molecular weight is 342 g/mol. The lowest BCUT2D eigenvalue weighted by atomic mass is 9.99. The normalized spacial score (nSPS) is 20.5. The molecule has 2 aromatic rings. The van der Waals surface area contributed by atoms with Crippen molar-refractivity contribution in [1.82, 2.24) is 19.7 Å². The Morgan fingerprint density at radius 1 is 1.28 bits per heavy atom. The van der Waals surface area contributed by atoms with Gasteiger partial charge in [0.1, 0.15) is 0 Å². The van der Waals surface area contributed by atoms with Crippen LogP contribution >= 0.6 is 0 Å². The summed E-state index contributed by atoms with van der Waals surface area (Å²) >= 11 is 0. The molecule has 6 heteroatoms. The predicted octanol–water partition coefficient (Wildman–Crippen LogP) is 2.35. The molecule has 2 aliphatic rings. The van der Waals surface area contributed by atoms with Crippen LogP contribution in [0.2, 0.25) is 0 Å². The van der Waals surface area contributed by atoms with Gasteiger partial charge in [0.2, 0.25) is 5.88 Å². The number of nitrogens with zero attached hydrogens (tertiary/aromatic N) is 4. The van der Waals surface area contributed by atoms with E-state index in [1.54, 1.807) is 13.3 Å². The Kier molecular flexibility index (Phi) is 4.72. The van der Waals surface area contributed by atoms with Crippen LogP contribution in [0.15, 0.2) is 24.5 Å². The van der Waals surface area contributed by atoms with Crippen molar-refractivity contribution in [3.05, 3.63) is 41.3 Å². The topological polar surface area (TPSA) is 52.4 Å². The molecule has 1 unspecified atom stereocenters. The third kappa shape index (κ3) is 3.55. The van der Waals surface area contributed by atoms with E-state index in [4.69, 9.17) is 9.47 Å². The minimum absolute atomic E-state index is 0.222. The number of hydrogen-bond acceptors (Lipinski definition) is 5. The molecule has 1 atom stereocenters. The van der Waals surface area contributed by atoms with E-state index in [0.29, 0.717) is 12.5 Å². The fourth-order valence-electron chi connectivity index (χ4n) is 3.66. The maximum Gasteiger partial charge on any atom is 0.217 e. The van der Waals surface area contributed by atoms with Crippen LogP contribution in [-0.2, 0) is 24.8 Å². The third-order valence-electron chi connectivity index (χ3n) is 5.23. The largest absolute Gasteiger partial charge is 0.481 e. The fourth-order valence-corrected chi connectivity index (χ4v) is 3.66. The van der Waals surface area contributed by atoms with Crippen molar-refractivity contribution in [3.8, 4) is 5.88 Å². The zero-order valence-corrected chi connectivity index (χ0v) is 15.0. The van der Waals surface area contributed by atoms with E-state index in [0.717, 1.165) is 37.6 Å². The van der Waals surface area contributed by atoms with Gasteiger partial charge in [0.05, 0.1) is 31.6 Å². The molecule has 1 aliphatic carbocycles. The van der Waals surface area contributed by atoms with Crippen LogP contribution in [0.1, 0.15) is 35.7 Å². The second kappa shape index (κ2) is 7.14. The van der Waals surface area contributed by atoms with Crippen LogP contribution in [0, 0.1) is 5.92 Å². The number of aromatic nitrogens is 3. The molecule has 0 amide bonds. The van der Waals surface area contributed by atoms with Crippen molar-refractivity contribution in [2.24, 2.45) is 13.0 Å². The standard InChI is InChI=1S/C19H26N4O2/c1-22-18-15(10-21-22)7-9-23(17(18)13-25-12-14-5-6-14)11-16-4-3-8-20-19(16)24-2/h3-4,8,10,14,17H,5-7,9,11-13H2,1-2H3. The number of ether oxygens (including phenoxy) is 2. The van der Waals surface area contributed by atoms with Gasteiger partial charge in [-0.3, -0.25) is 9.58 Å². The number of pyridine rings is 1. The summed E-state index contributed by atoms with van der Waals surface area (Å²) < 4.78 is 13.5. The zero-order valence-electron chi connectivity index (χ0n) is 15.0. The molecule has 0 N–H and O–H groups in total. The van der Waals surface area contributed by atoms with E-state index in [1.165, 1.54) is 24.1 Å². The van der Waals surface area contributed by atoms with E-state index in [-0.39, 0.29) is 6.04 Å². The maximum absolute atomic E-state index is 6.07. The van der Waals surface area contributed by atoms with Crippen LogP contribution in [-0.4, -0.2) is 46.5 Å². The molecule has 1 fully saturated rings. The van der Waals surface area contributed by atoms with Gasteiger partial charge in [-0.15, -0.1) is 0 Å². The molecule has 6 nitrogen and oxygen atoms in total. The molecule has 4 rings (SSSR count). The zero-order chi connectivity index (χ0) is 17.2. The van der Waals surface area contributed by atoms with Crippen LogP contribution < -0.4 is 4.74 Å². The summed E-state index contributed by atoms with van der Waals surface area (Å²) in [7, 11) is 3.71. The molecule has 1 saturated carbocycles. The van der Waals surface area contributed by atoms with Crippen LogP contribution in [0.3, 0.4) is 0 Å². The van der Waals surface area contributed by atoms with Crippen molar-refractivity contribution in [1.29, 1.82) is 0 Å². The summed E-state index contributed by atoms with van der Waals surface area (Å²) in [6, 6.07) is 4.28. The molecule has 0 saturated heterocycles. The molecule has 3 heterocycles. The van der Waals surface area contributed by atoms with Gasteiger partial charge in [-0.25, -0.2) is 4.98 Å². The number of aryl methyl sites for hydroxylation is 1. The average Bonchev–Trinajstić information content (AvgIpc) is 3.38. The van der Waals surface area contributed by atoms with E-state index >= 15 is 0 Å². The molecular weight excluding hydrogens is 316 g/mol. The highest BCUT2D eigenvalue weighted by molar-refractivity contribution is 5.28. The summed E-state index contributed by atoms with van der Waals surface area (Å²) in [5.74, 6) is 1.48. The molecule has 1 aliphatic heterocycles. The first-order valence-corrected chi connectivity index (χ1v) is 9.06. The predicted molar refractivity (Wildman–Crippen MR) is 94.4 cm³/mol. The Morgan fingerprint density at radius 2 is 2.16 bits per heavy atom. The van der Waals surface area contributed by atoms with Gasteiger partial charge < -0.3 is 9.47 Å². The third-order valence-corrected chi connectivity index (χ3v) is 5.23.